The summed E-state index contributed by atoms with van der Waals surface area (Å²) < 4.78 is 33.0. The second-order valence-corrected chi connectivity index (χ2v) is 22.9. The lowest BCUT2D eigenvalue weighted by molar-refractivity contribution is -0.161. The van der Waals surface area contributed by atoms with Crippen LogP contribution < -0.4 is 0 Å². The second kappa shape index (κ2) is 56.7. The van der Waals surface area contributed by atoms with Gasteiger partial charge < -0.3 is 24.6 Å². The molecule has 0 aliphatic heterocycles. The maximum Gasteiger partial charge on any atom is 0.472 e. The molecular weight excluding hydrogens is 912 g/mol. The summed E-state index contributed by atoms with van der Waals surface area (Å²) in [5.41, 5.74) is 0. The number of carbonyl (C=O) groups excluding carboxylic acids is 2. The predicted molar refractivity (Wildman–Crippen MR) is 298 cm³/mol. The molecule has 0 aromatic heterocycles. The molecule has 0 rings (SSSR count). The Bertz CT molecular complexity index is 1140. The standard InChI is InChI=1S/C60H119O10P/c1-3-5-7-9-11-13-15-17-19-21-23-25-27-29-31-33-35-37-39-41-43-45-47-49-51-59(63)67-55-58(56-69-71(65,66)68-54-57(62)53-61)70-60(64)52-50-48-46-44-42-40-38-36-34-32-30-28-26-24-22-20-18-16-14-12-10-8-6-4-2/h57-58,61-62H,3-56H2,1-2H3,(H,65,66)/t57-,58+/m0/s1. The maximum absolute atomic E-state index is 12.7. The highest BCUT2D eigenvalue weighted by atomic mass is 31.2. The van der Waals surface area contributed by atoms with Crippen LogP contribution in [0.15, 0.2) is 0 Å². The number of phosphoric ester groups is 1. The lowest BCUT2D eigenvalue weighted by atomic mass is 10.0. The first-order valence-corrected chi connectivity index (χ1v) is 32.5. The summed E-state index contributed by atoms with van der Waals surface area (Å²) in [7, 11) is -4.62. The fourth-order valence-corrected chi connectivity index (χ4v) is 10.3. The Labute approximate surface area is 439 Å². The highest BCUT2D eigenvalue weighted by Crippen LogP contribution is 2.43. The minimum absolute atomic E-state index is 0.194. The predicted octanol–water partition coefficient (Wildman–Crippen LogP) is 18.5. The molecule has 3 atom stereocenters. The van der Waals surface area contributed by atoms with Crippen molar-refractivity contribution >= 4 is 19.8 Å². The van der Waals surface area contributed by atoms with Crippen LogP contribution in [-0.2, 0) is 32.7 Å². The van der Waals surface area contributed by atoms with Crippen LogP contribution in [0, 0.1) is 0 Å². The molecule has 0 aromatic rings. The first kappa shape index (κ1) is 70.0. The molecule has 3 N–H and O–H groups in total. The average molecular weight is 1030 g/mol. The Kier molecular flexibility index (Phi) is 55.9. The van der Waals surface area contributed by atoms with Gasteiger partial charge >= 0.3 is 19.8 Å². The zero-order valence-electron chi connectivity index (χ0n) is 47.0. The van der Waals surface area contributed by atoms with Gasteiger partial charge in [0.1, 0.15) is 12.7 Å². The molecule has 0 aliphatic rings. The normalized spacial score (nSPS) is 13.4. The first-order chi connectivity index (χ1) is 34.7. The van der Waals surface area contributed by atoms with E-state index in [1.165, 1.54) is 263 Å². The van der Waals surface area contributed by atoms with Crippen LogP contribution in [0.5, 0.6) is 0 Å². The van der Waals surface area contributed by atoms with E-state index in [9.17, 15) is 24.2 Å². The van der Waals surface area contributed by atoms with E-state index in [0.29, 0.717) is 12.8 Å². The number of ether oxygens (including phenoxy) is 2. The first-order valence-electron chi connectivity index (χ1n) is 31.0. The van der Waals surface area contributed by atoms with Crippen LogP contribution in [0.4, 0.5) is 0 Å². The number of aliphatic hydroxyl groups is 2. The van der Waals surface area contributed by atoms with E-state index in [1.54, 1.807) is 0 Å². The molecule has 0 bridgehead atoms. The monoisotopic (exact) mass is 1030 g/mol. The Hall–Kier alpha value is -1.03. The van der Waals surface area contributed by atoms with E-state index >= 15 is 0 Å². The molecule has 0 aliphatic carbocycles. The number of unbranched alkanes of at least 4 members (excludes halogenated alkanes) is 46. The highest BCUT2D eigenvalue weighted by Gasteiger charge is 2.27. The van der Waals surface area contributed by atoms with Crippen LogP contribution in [0.3, 0.4) is 0 Å². The number of hydrogen-bond donors (Lipinski definition) is 3. The fraction of sp³-hybridized carbons (Fsp3) is 0.967. The van der Waals surface area contributed by atoms with Crippen LogP contribution >= 0.6 is 7.82 Å². The number of phosphoric acid groups is 1. The zero-order valence-corrected chi connectivity index (χ0v) is 47.9. The smallest absolute Gasteiger partial charge is 0.462 e. The summed E-state index contributed by atoms with van der Waals surface area (Å²) in [6.45, 7) is 2.49. The molecule has 11 heteroatoms. The van der Waals surface area contributed by atoms with Crippen molar-refractivity contribution < 1.29 is 47.8 Å². The Morgan fingerprint density at radius 1 is 0.366 bits per heavy atom. The van der Waals surface area contributed by atoms with E-state index < -0.39 is 51.8 Å². The molecular formula is C60H119O10P. The third kappa shape index (κ3) is 56.5. The second-order valence-electron chi connectivity index (χ2n) is 21.5. The van der Waals surface area contributed by atoms with Gasteiger partial charge in [-0.3, -0.25) is 18.6 Å². The van der Waals surface area contributed by atoms with Crippen LogP contribution in [-0.4, -0.2) is 65.7 Å². The molecule has 0 heterocycles. The molecule has 10 nitrogen and oxygen atoms in total. The molecule has 424 valence electrons. The summed E-state index contributed by atoms with van der Waals surface area (Å²) in [4.78, 5) is 35.4. The summed E-state index contributed by atoms with van der Waals surface area (Å²) in [6, 6.07) is 0. The largest absolute Gasteiger partial charge is 0.472 e. The zero-order chi connectivity index (χ0) is 51.8. The maximum atomic E-state index is 12.7. The number of hydrogen-bond acceptors (Lipinski definition) is 9. The Morgan fingerprint density at radius 3 is 0.873 bits per heavy atom. The van der Waals surface area contributed by atoms with Crippen molar-refractivity contribution in [1.29, 1.82) is 0 Å². The molecule has 0 spiro atoms. The van der Waals surface area contributed by atoms with Crippen molar-refractivity contribution in [3.05, 3.63) is 0 Å². The van der Waals surface area contributed by atoms with Gasteiger partial charge in [0.2, 0.25) is 0 Å². The van der Waals surface area contributed by atoms with Gasteiger partial charge in [-0.25, -0.2) is 4.57 Å². The van der Waals surface area contributed by atoms with Gasteiger partial charge in [-0.15, -0.1) is 0 Å². The number of aliphatic hydroxyl groups excluding tert-OH is 2. The molecule has 1 unspecified atom stereocenters. The van der Waals surface area contributed by atoms with Crippen molar-refractivity contribution in [2.24, 2.45) is 0 Å². The molecule has 0 aromatic carbocycles. The van der Waals surface area contributed by atoms with Gasteiger partial charge in [-0.05, 0) is 12.8 Å². The van der Waals surface area contributed by atoms with Gasteiger partial charge in [0, 0.05) is 12.8 Å². The van der Waals surface area contributed by atoms with Gasteiger partial charge in [0.05, 0.1) is 19.8 Å². The molecule has 0 amide bonds. The van der Waals surface area contributed by atoms with E-state index in [1.807, 2.05) is 0 Å². The summed E-state index contributed by atoms with van der Waals surface area (Å²) in [6.07, 6.45) is 61.0. The molecule has 0 saturated heterocycles. The summed E-state index contributed by atoms with van der Waals surface area (Å²) >= 11 is 0. The molecule has 71 heavy (non-hydrogen) atoms. The minimum atomic E-state index is -4.62. The van der Waals surface area contributed by atoms with E-state index in [-0.39, 0.29) is 19.4 Å². The van der Waals surface area contributed by atoms with Gasteiger partial charge in [-0.1, -0.05) is 309 Å². The third-order valence-electron chi connectivity index (χ3n) is 14.3. The van der Waals surface area contributed by atoms with E-state index in [0.717, 1.165) is 32.1 Å². The number of esters is 2. The van der Waals surface area contributed by atoms with E-state index in [2.05, 4.69) is 13.8 Å². The SMILES string of the molecule is CCCCCCCCCCCCCCCCCCCCCCCCCCC(=O)OC[C@H](COP(=O)(O)OC[C@@H](O)CO)OC(=O)CCCCCCCCCCCCCCCCCCCCCCCCCC. The molecule has 0 fully saturated rings. The van der Waals surface area contributed by atoms with Gasteiger partial charge in [0.25, 0.3) is 0 Å². The van der Waals surface area contributed by atoms with Crippen molar-refractivity contribution in [3.63, 3.8) is 0 Å². The fourth-order valence-electron chi connectivity index (χ4n) is 9.53. The van der Waals surface area contributed by atoms with Gasteiger partial charge in [-0.2, -0.15) is 0 Å². The molecule has 0 saturated carbocycles. The lowest BCUT2D eigenvalue weighted by Crippen LogP contribution is -2.29. The Morgan fingerprint density at radius 2 is 0.606 bits per heavy atom. The highest BCUT2D eigenvalue weighted by molar-refractivity contribution is 7.47. The van der Waals surface area contributed by atoms with Crippen molar-refractivity contribution in [1.82, 2.24) is 0 Å². The Balaban J connectivity index is 3.99. The van der Waals surface area contributed by atoms with Crippen LogP contribution in [0.25, 0.3) is 0 Å². The summed E-state index contributed by atoms with van der Waals surface area (Å²) in [5, 5.41) is 18.5. The topological polar surface area (TPSA) is 149 Å². The summed E-state index contributed by atoms with van der Waals surface area (Å²) in [5.74, 6) is -0.896. The number of carbonyl (C=O) groups is 2. The average Bonchev–Trinajstić information content (AvgIpc) is 3.36. The van der Waals surface area contributed by atoms with Crippen molar-refractivity contribution in [2.75, 3.05) is 26.4 Å². The van der Waals surface area contributed by atoms with Crippen LogP contribution in [0.2, 0.25) is 0 Å². The quantitative estimate of drug-likeness (QED) is 0.0305. The number of rotatable bonds is 60. The van der Waals surface area contributed by atoms with Gasteiger partial charge in [0.15, 0.2) is 6.10 Å². The van der Waals surface area contributed by atoms with E-state index in [4.69, 9.17) is 23.6 Å². The molecule has 0 radical (unpaired) electrons. The van der Waals surface area contributed by atoms with Crippen molar-refractivity contribution in [2.45, 2.75) is 347 Å². The lowest BCUT2D eigenvalue weighted by Gasteiger charge is -2.20. The third-order valence-corrected chi connectivity index (χ3v) is 15.2. The van der Waals surface area contributed by atoms with Crippen molar-refractivity contribution in [3.8, 4) is 0 Å². The van der Waals surface area contributed by atoms with Crippen LogP contribution in [0.1, 0.15) is 335 Å². The minimum Gasteiger partial charge on any atom is -0.462 e.